The van der Waals surface area contributed by atoms with E-state index in [-0.39, 0.29) is 5.91 Å². The van der Waals surface area contributed by atoms with E-state index in [9.17, 15) is 4.79 Å². The van der Waals surface area contributed by atoms with Crippen LogP contribution in [0.2, 0.25) is 0 Å². The Kier molecular flexibility index (Phi) is 5.69. The van der Waals surface area contributed by atoms with Crippen LogP contribution in [-0.4, -0.2) is 25.0 Å². The van der Waals surface area contributed by atoms with Gasteiger partial charge in [0.05, 0.1) is 6.54 Å². The van der Waals surface area contributed by atoms with Crippen molar-refractivity contribution in [2.45, 2.75) is 52.0 Å². The number of hydrogen-bond donors (Lipinski definition) is 2. The number of hydrogen-bond acceptors (Lipinski definition) is 2. The van der Waals surface area contributed by atoms with Gasteiger partial charge in [-0.1, -0.05) is 33.1 Å². The first kappa shape index (κ1) is 12.5. The van der Waals surface area contributed by atoms with Crippen molar-refractivity contribution in [2.24, 2.45) is 5.92 Å². The third-order valence-corrected chi connectivity index (χ3v) is 2.81. The lowest BCUT2D eigenvalue weighted by Gasteiger charge is -2.22. The van der Waals surface area contributed by atoms with Crippen LogP contribution in [-0.2, 0) is 4.79 Å². The van der Waals surface area contributed by atoms with Crippen molar-refractivity contribution in [1.29, 1.82) is 0 Å². The Bertz CT molecular complexity index is 186. The van der Waals surface area contributed by atoms with Gasteiger partial charge in [-0.3, -0.25) is 4.79 Å². The molecule has 3 nitrogen and oxygen atoms in total. The zero-order valence-corrected chi connectivity index (χ0v) is 10.0. The zero-order chi connectivity index (χ0) is 11.1. The number of amides is 1. The quantitative estimate of drug-likeness (QED) is 0.728. The minimum atomic E-state index is 0.155. The molecule has 0 unspecified atom stereocenters. The topological polar surface area (TPSA) is 41.1 Å². The fourth-order valence-corrected chi connectivity index (χ4v) is 2.00. The van der Waals surface area contributed by atoms with Crippen LogP contribution in [0.4, 0.5) is 0 Å². The van der Waals surface area contributed by atoms with E-state index in [1.54, 1.807) is 0 Å². The van der Waals surface area contributed by atoms with Gasteiger partial charge in [0.25, 0.3) is 0 Å². The Morgan fingerprint density at radius 3 is 2.53 bits per heavy atom. The van der Waals surface area contributed by atoms with Crippen LogP contribution >= 0.6 is 0 Å². The van der Waals surface area contributed by atoms with Crippen molar-refractivity contribution in [3.8, 4) is 0 Å². The van der Waals surface area contributed by atoms with Crippen LogP contribution in [0.3, 0.4) is 0 Å². The molecule has 0 aromatic carbocycles. The van der Waals surface area contributed by atoms with Crippen LogP contribution in [0.25, 0.3) is 0 Å². The first-order chi connectivity index (χ1) is 7.18. The molecule has 15 heavy (non-hydrogen) atoms. The molecule has 0 atom stereocenters. The Balaban J connectivity index is 2.06. The molecule has 0 aromatic rings. The SMILES string of the molecule is CC(C)CNCC(=O)NC1CCCCC1. The molecule has 0 heterocycles. The van der Waals surface area contributed by atoms with Crippen LogP contribution in [0, 0.1) is 5.92 Å². The number of carbonyl (C=O) groups is 1. The maximum Gasteiger partial charge on any atom is 0.234 e. The van der Waals surface area contributed by atoms with Crippen LogP contribution in [0.5, 0.6) is 0 Å². The molecule has 1 aliphatic rings. The van der Waals surface area contributed by atoms with E-state index < -0.39 is 0 Å². The van der Waals surface area contributed by atoms with E-state index in [0.29, 0.717) is 18.5 Å². The summed E-state index contributed by atoms with van der Waals surface area (Å²) in [6.45, 7) is 5.67. The van der Waals surface area contributed by atoms with Crippen molar-refractivity contribution in [2.75, 3.05) is 13.1 Å². The predicted octanol–water partition coefficient (Wildman–Crippen LogP) is 1.68. The molecule has 0 spiro atoms. The predicted molar refractivity (Wildman–Crippen MR) is 62.7 cm³/mol. The van der Waals surface area contributed by atoms with Gasteiger partial charge >= 0.3 is 0 Å². The van der Waals surface area contributed by atoms with E-state index in [1.165, 1.54) is 19.3 Å². The maximum absolute atomic E-state index is 11.5. The van der Waals surface area contributed by atoms with Gasteiger partial charge in [0.15, 0.2) is 0 Å². The number of carbonyl (C=O) groups excluding carboxylic acids is 1. The Morgan fingerprint density at radius 2 is 1.93 bits per heavy atom. The second kappa shape index (κ2) is 6.83. The molecule has 1 amide bonds. The van der Waals surface area contributed by atoms with Gasteiger partial charge in [0.1, 0.15) is 0 Å². The van der Waals surface area contributed by atoms with Crippen molar-refractivity contribution >= 4 is 5.91 Å². The van der Waals surface area contributed by atoms with E-state index in [4.69, 9.17) is 0 Å². The molecule has 0 saturated heterocycles. The third kappa shape index (κ3) is 5.78. The van der Waals surface area contributed by atoms with E-state index in [0.717, 1.165) is 19.4 Å². The molecule has 3 heteroatoms. The van der Waals surface area contributed by atoms with Gasteiger partial charge in [0.2, 0.25) is 5.91 Å². The smallest absolute Gasteiger partial charge is 0.234 e. The minimum absolute atomic E-state index is 0.155. The summed E-state index contributed by atoms with van der Waals surface area (Å²) < 4.78 is 0. The molecular formula is C12H24N2O. The summed E-state index contributed by atoms with van der Waals surface area (Å²) in [5.41, 5.74) is 0. The first-order valence-electron chi connectivity index (χ1n) is 6.18. The Labute approximate surface area is 93.0 Å². The van der Waals surface area contributed by atoms with E-state index in [2.05, 4.69) is 24.5 Å². The van der Waals surface area contributed by atoms with Gasteiger partial charge in [-0.25, -0.2) is 0 Å². The van der Waals surface area contributed by atoms with Gasteiger partial charge in [-0.15, -0.1) is 0 Å². The highest BCUT2D eigenvalue weighted by Gasteiger charge is 2.14. The maximum atomic E-state index is 11.5. The van der Waals surface area contributed by atoms with E-state index in [1.807, 2.05) is 0 Å². The molecule has 1 fully saturated rings. The van der Waals surface area contributed by atoms with Crippen molar-refractivity contribution in [1.82, 2.24) is 10.6 Å². The summed E-state index contributed by atoms with van der Waals surface area (Å²) in [7, 11) is 0. The summed E-state index contributed by atoms with van der Waals surface area (Å²) in [6, 6.07) is 0.437. The average molecular weight is 212 g/mol. The number of rotatable bonds is 5. The lowest BCUT2D eigenvalue weighted by molar-refractivity contribution is -0.121. The molecule has 88 valence electrons. The second-order valence-corrected chi connectivity index (χ2v) is 4.93. The van der Waals surface area contributed by atoms with Gasteiger partial charge in [-0.2, -0.15) is 0 Å². The molecule has 1 aliphatic carbocycles. The highest BCUT2D eigenvalue weighted by molar-refractivity contribution is 5.78. The lowest BCUT2D eigenvalue weighted by atomic mass is 9.95. The molecule has 1 rings (SSSR count). The molecule has 1 saturated carbocycles. The fraction of sp³-hybridized carbons (Fsp3) is 0.917. The van der Waals surface area contributed by atoms with Crippen LogP contribution < -0.4 is 10.6 Å². The standard InChI is InChI=1S/C12H24N2O/c1-10(2)8-13-9-12(15)14-11-6-4-3-5-7-11/h10-11,13H,3-9H2,1-2H3,(H,14,15). The number of nitrogens with one attached hydrogen (secondary N) is 2. The third-order valence-electron chi connectivity index (χ3n) is 2.81. The largest absolute Gasteiger partial charge is 0.352 e. The van der Waals surface area contributed by atoms with Crippen molar-refractivity contribution in [3.63, 3.8) is 0 Å². The molecule has 0 bridgehead atoms. The van der Waals surface area contributed by atoms with Crippen LogP contribution in [0.1, 0.15) is 46.0 Å². The highest BCUT2D eigenvalue weighted by Crippen LogP contribution is 2.16. The molecule has 0 aliphatic heterocycles. The fourth-order valence-electron chi connectivity index (χ4n) is 2.00. The second-order valence-electron chi connectivity index (χ2n) is 4.93. The zero-order valence-electron chi connectivity index (χ0n) is 10.0. The molecule has 0 radical (unpaired) electrons. The minimum Gasteiger partial charge on any atom is -0.352 e. The highest BCUT2D eigenvalue weighted by atomic mass is 16.1. The summed E-state index contributed by atoms with van der Waals surface area (Å²) in [5, 5.41) is 6.25. The summed E-state index contributed by atoms with van der Waals surface area (Å²) in [5.74, 6) is 0.759. The Hall–Kier alpha value is -0.570. The average Bonchev–Trinajstić information content (AvgIpc) is 2.18. The first-order valence-corrected chi connectivity index (χ1v) is 6.18. The summed E-state index contributed by atoms with van der Waals surface area (Å²) in [6.07, 6.45) is 6.19. The molecular weight excluding hydrogens is 188 g/mol. The van der Waals surface area contributed by atoms with Gasteiger partial charge < -0.3 is 10.6 Å². The monoisotopic (exact) mass is 212 g/mol. The summed E-state index contributed by atoms with van der Waals surface area (Å²) in [4.78, 5) is 11.5. The van der Waals surface area contributed by atoms with E-state index >= 15 is 0 Å². The van der Waals surface area contributed by atoms with Crippen molar-refractivity contribution in [3.05, 3.63) is 0 Å². The van der Waals surface area contributed by atoms with Gasteiger partial charge in [-0.05, 0) is 25.3 Å². The molecule has 0 aromatic heterocycles. The van der Waals surface area contributed by atoms with Gasteiger partial charge in [0, 0.05) is 6.04 Å². The lowest BCUT2D eigenvalue weighted by Crippen LogP contribution is -2.41. The van der Waals surface area contributed by atoms with Crippen LogP contribution in [0.15, 0.2) is 0 Å². The molecule has 2 N–H and O–H groups in total. The normalized spacial score (nSPS) is 18.1. The van der Waals surface area contributed by atoms with Crippen molar-refractivity contribution < 1.29 is 4.79 Å². The Morgan fingerprint density at radius 1 is 1.27 bits per heavy atom. The summed E-state index contributed by atoms with van der Waals surface area (Å²) >= 11 is 0.